The Hall–Kier alpha value is -1.25. The molecule has 6 nitrogen and oxygen atoms in total. The number of aromatic nitrogens is 2. The highest BCUT2D eigenvalue weighted by Gasteiger charge is 2.37. The summed E-state index contributed by atoms with van der Waals surface area (Å²) >= 11 is 1.68. The molecule has 3 heterocycles. The van der Waals surface area contributed by atoms with Gasteiger partial charge in [-0.2, -0.15) is 0 Å². The second-order valence-corrected chi connectivity index (χ2v) is 9.29. The molecule has 1 N–H and O–H groups in total. The maximum absolute atomic E-state index is 12.0. The largest absolute Gasteiger partial charge is 0.355 e. The van der Waals surface area contributed by atoms with Gasteiger partial charge in [-0.3, -0.25) is 0 Å². The highest BCUT2D eigenvalue weighted by atomic mass is 32.2. The molecule has 2 fully saturated rings. The third-order valence-corrected chi connectivity index (χ3v) is 7.69. The molecule has 0 amide bonds. The molecule has 2 aliphatic rings. The molecule has 23 heavy (non-hydrogen) atoms. The molecule has 0 spiro atoms. The number of piperidine rings is 1. The van der Waals surface area contributed by atoms with Crippen molar-refractivity contribution < 1.29 is 8.42 Å². The van der Waals surface area contributed by atoms with Crippen molar-refractivity contribution in [3.05, 3.63) is 17.3 Å². The number of nitrogens with zero attached hydrogens (tertiary/aromatic N) is 3. The second kappa shape index (κ2) is 5.68. The Kier molecular flexibility index (Phi) is 3.78. The molecule has 1 saturated heterocycles. The molecular weight excluding hydrogens is 332 g/mol. The van der Waals surface area contributed by atoms with Gasteiger partial charge in [-0.25, -0.2) is 23.1 Å². The van der Waals surface area contributed by atoms with Gasteiger partial charge < -0.3 is 4.90 Å². The molecule has 0 radical (unpaired) electrons. The molecule has 1 saturated carbocycles. The summed E-state index contributed by atoms with van der Waals surface area (Å²) in [5.74, 6) is 0.983. The van der Waals surface area contributed by atoms with Gasteiger partial charge in [-0.15, -0.1) is 11.3 Å². The Balaban J connectivity index is 1.46. The van der Waals surface area contributed by atoms with E-state index in [0.29, 0.717) is 0 Å². The number of rotatable bonds is 4. The van der Waals surface area contributed by atoms with Crippen LogP contribution in [0.25, 0.3) is 10.2 Å². The number of aryl methyl sites for hydroxylation is 1. The van der Waals surface area contributed by atoms with Crippen molar-refractivity contribution >= 4 is 37.4 Å². The average molecular weight is 352 g/mol. The molecule has 0 bridgehead atoms. The summed E-state index contributed by atoms with van der Waals surface area (Å²) < 4.78 is 28.1. The molecule has 2 aromatic rings. The third kappa shape index (κ3) is 2.95. The average Bonchev–Trinajstić information content (AvgIpc) is 3.33. The van der Waals surface area contributed by atoms with E-state index < -0.39 is 10.0 Å². The van der Waals surface area contributed by atoms with Crippen molar-refractivity contribution in [1.29, 1.82) is 0 Å². The van der Waals surface area contributed by atoms with E-state index in [1.807, 2.05) is 0 Å². The number of sulfonamides is 1. The van der Waals surface area contributed by atoms with E-state index in [0.717, 1.165) is 54.8 Å². The zero-order chi connectivity index (χ0) is 16.0. The number of nitrogens with one attached hydrogen (secondary N) is 1. The predicted molar refractivity (Wildman–Crippen MR) is 92.5 cm³/mol. The molecule has 1 aliphatic heterocycles. The minimum Gasteiger partial charge on any atom is -0.355 e. The fourth-order valence-corrected chi connectivity index (χ4v) is 5.77. The van der Waals surface area contributed by atoms with Gasteiger partial charge in [-0.1, -0.05) is 0 Å². The summed E-state index contributed by atoms with van der Waals surface area (Å²) in [5.41, 5.74) is 2.21. The predicted octanol–water partition coefficient (Wildman–Crippen LogP) is 2.05. The van der Waals surface area contributed by atoms with Crippen LogP contribution in [-0.4, -0.2) is 42.8 Å². The zero-order valence-corrected chi connectivity index (χ0v) is 14.7. The number of anilines is 1. The lowest BCUT2D eigenvalue weighted by molar-refractivity contribution is 0.458. The van der Waals surface area contributed by atoms with Crippen LogP contribution in [0.5, 0.6) is 0 Å². The first-order valence-corrected chi connectivity index (χ1v) is 10.4. The first-order valence-electron chi connectivity index (χ1n) is 7.99. The molecular formula is C15H20N4O2S2. The van der Waals surface area contributed by atoms with E-state index in [-0.39, 0.29) is 11.3 Å². The molecule has 0 unspecified atom stereocenters. The third-order valence-electron chi connectivity index (χ3n) is 4.60. The van der Waals surface area contributed by atoms with Crippen molar-refractivity contribution in [2.45, 2.75) is 43.9 Å². The SMILES string of the molecule is Cc1csc2c(N3CCC(NS(=O)(=O)C4CC4)CC3)ncnc12. The lowest BCUT2D eigenvalue weighted by Gasteiger charge is -2.33. The van der Waals surface area contributed by atoms with Gasteiger partial charge in [0.05, 0.1) is 15.5 Å². The van der Waals surface area contributed by atoms with Crippen LogP contribution >= 0.6 is 11.3 Å². The lowest BCUT2D eigenvalue weighted by Crippen LogP contribution is -2.45. The summed E-state index contributed by atoms with van der Waals surface area (Å²) in [6.45, 7) is 3.70. The van der Waals surface area contributed by atoms with Crippen molar-refractivity contribution in [2.24, 2.45) is 0 Å². The maximum atomic E-state index is 12.0. The van der Waals surface area contributed by atoms with Crippen molar-refractivity contribution in [2.75, 3.05) is 18.0 Å². The van der Waals surface area contributed by atoms with Gasteiger partial charge in [0.15, 0.2) is 0 Å². The maximum Gasteiger partial charge on any atom is 0.214 e. The summed E-state index contributed by atoms with van der Waals surface area (Å²) in [5, 5.41) is 1.97. The van der Waals surface area contributed by atoms with Gasteiger partial charge in [0.1, 0.15) is 12.1 Å². The summed E-state index contributed by atoms with van der Waals surface area (Å²) in [6, 6.07) is 0.0549. The normalized spacial score (nSPS) is 20.3. The number of fused-ring (bicyclic) bond motifs is 1. The van der Waals surface area contributed by atoms with E-state index in [1.54, 1.807) is 17.7 Å². The molecule has 0 atom stereocenters. The Labute approximate surface area is 140 Å². The van der Waals surface area contributed by atoms with E-state index >= 15 is 0 Å². The van der Waals surface area contributed by atoms with E-state index in [2.05, 4.69) is 31.9 Å². The minimum absolute atomic E-state index is 0.0549. The van der Waals surface area contributed by atoms with E-state index in [4.69, 9.17) is 0 Å². The Morgan fingerprint density at radius 3 is 2.65 bits per heavy atom. The Bertz CT molecular complexity index is 821. The highest BCUT2D eigenvalue weighted by Crippen LogP contribution is 2.33. The van der Waals surface area contributed by atoms with Crippen molar-refractivity contribution in [3.63, 3.8) is 0 Å². The minimum atomic E-state index is -3.09. The second-order valence-electron chi connectivity index (χ2n) is 6.42. The topological polar surface area (TPSA) is 75.2 Å². The quantitative estimate of drug-likeness (QED) is 0.911. The first kappa shape index (κ1) is 15.3. The van der Waals surface area contributed by atoms with Gasteiger partial charge in [0.25, 0.3) is 0 Å². The Morgan fingerprint density at radius 2 is 1.96 bits per heavy atom. The van der Waals surface area contributed by atoms with E-state index in [1.165, 1.54) is 5.56 Å². The van der Waals surface area contributed by atoms with Crippen LogP contribution in [0.3, 0.4) is 0 Å². The van der Waals surface area contributed by atoms with Crippen LogP contribution in [0.15, 0.2) is 11.7 Å². The fraction of sp³-hybridized carbons (Fsp3) is 0.600. The van der Waals surface area contributed by atoms with E-state index in [9.17, 15) is 8.42 Å². The summed E-state index contributed by atoms with van der Waals surface area (Å²) in [6.07, 6.45) is 4.89. The van der Waals surface area contributed by atoms with Gasteiger partial charge in [0, 0.05) is 19.1 Å². The number of hydrogen-bond donors (Lipinski definition) is 1. The lowest BCUT2D eigenvalue weighted by atomic mass is 10.1. The standard InChI is InChI=1S/C15H20N4O2S2/c1-10-8-22-14-13(10)16-9-17-15(14)19-6-4-11(5-7-19)18-23(20,21)12-2-3-12/h8-9,11-12,18H,2-7H2,1H3. The van der Waals surface area contributed by atoms with Crippen molar-refractivity contribution in [3.8, 4) is 0 Å². The summed E-state index contributed by atoms with van der Waals surface area (Å²) in [7, 11) is -3.09. The van der Waals surface area contributed by atoms with Crippen LogP contribution in [-0.2, 0) is 10.0 Å². The van der Waals surface area contributed by atoms with Gasteiger partial charge >= 0.3 is 0 Å². The molecule has 8 heteroatoms. The van der Waals surface area contributed by atoms with Crippen LogP contribution in [0.2, 0.25) is 0 Å². The van der Waals surface area contributed by atoms with Crippen LogP contribution in [0.4, 0.5) is 5.82 Å². The smallest absolute Gasteiger partial charge is 0.214 e. The van der Waals surface area contributed by atoms with Gasteiger partial charge in [-0.05, 0) is 43.6 Å². The van der Waals surface area contributed by atoms with Crippen LogP contribution in [0, 0.1) is 6.92 Å². The number of thiophene rings is 1. The van der Waals surface area contributed by atoms with Crippen LogP contribution in [0.1, 0.15) is 31.2 Å². The van der Waals surface area contributed by atoms with Crippen LogP contribution < -0.4 is 9.62 Å². The van der Waals surface area contributed by atoms with Crippen molar-refractivity contribution in [1.82, 2.24) is 14.7 Å². The fourth-order valence-electron chi connectivity index (χ4n) is 3.10. The zero-order valence-electron chi connectivity index (χ0n) is 13.0. The first-order chi connectivity index (χ1) is 11.0. The summed E-state index contributed by atoms with van der Waals surface area (Å²) in [4.78, 5) is 11.1. The Morgan fingerprint density at radius 1 is 1.22 bits per heavy atom. The number of hydrogen-bond acceptors (Lipinski definition) is 6. The molecule has 0 aromatic carbocycles. The molecule has 2 aromatic heterocycles. The molecule has 124 valence electrons. The monoisotopic (exact) mass is 352 g/mol. The van der Waals surface area contributed by atoms with Gasteiger partial charge in [0.2, 0.25) is 10.0 Å². The highest BCUT2D eigenvalue weighted by molar-refractivity contribution is 7.90. The molecule has 4 rings (SSSR count). The molecule has 1 aliphatic carbocycles.